The summed E-state index contributed by atoms with van der Waals surface area (Å²) in [6.45, 7) is 0.220. The summed E-state index contributed by atoms with van der Waals surface area (Å²) < 4.78 is 45.2. The third-order valence-corrected chi connectivity index (χ3v) is 5.61. The predicted octanol–water partition coefficient (Wildman–Crippen LogP) is 3.60. The van der Waals surface area contributed by atoms with Crippen LogP contribution in [0.25, 0.3) is 0 Å². The van der Waals surface area contributed by atoms with Crippen LogP contribution in [0.1, 0.15) is 12.0 Å². The van der Waals surface area contributed by atoms with Crippen LogP contribution in [0.4, 0.5) is 4.39 Å². The molecule has 2 N–H and O–H groups in total. The SMILES string of the molecule is O=C(CCNS(=O)(=O)c1ccc(F)cc1)NCc1cccc(Oc2ccccc2)c1. The van der Waals surface area contributed by atoms with E-state index < -0.39 is 15.8 Å². The highest BCUT2D eigenvalue weighted by molar-refractivity contribution is 7.89. The highest BCUT2D eigenvalue weighted by atomic mass is 32.2. The van der Waals surface area contributed by atoms with Gasteiger partial charge < -0.3 is 10.1 Å². The molecule has 0 fully saturated rings. The van der Waals surface area contributed by atoms with E-state index in [2.05, 4.69) is 10.0 Å². The maximum atomic E-state index is 12.9. The predicted molar refractivity (Wildman–Crippen MR) is 111 cm³/mol. The molecule has 156 valence electrons. The third kappa shape index (κ3) is 6.40. The Morgan fingerprint density at radius 2 is 1.60 bits per heavy atom. The van der Waals surface area contributed by atoms with Crippen LogP contribution in [-0.4, -0.2) is 20.9 Å². The largest absolute Gasteiger partial charge is 0.457 e. The van der Waals surface area contributed by atoms with E-state index in [9.17, 15) is 17.6 Å². The van der Waals surface area contributed by atoms with E-state index in [-0.39, 0.29) is 30.3 Å². The molecule has 6 nitrogen and oxygen atoms in total. The number of amides is 1. The Bertz CT molecular complexity index is 1090. The van der Waals surface area contributed by atoms with Gasteiger partial charge in [-0.3, -0.25) is 4.79 Å². The van der Waals surface area contributed by atoms with Gasteiger partial charge in [-0.2, -0.15) is 0 Å². The van der Waals surface area contributed by atoms with Crippen molar-refractivity contribution >= 4 is 15.9 Å². The molecule has 3 aromatic rings. The lowest BCUT2D eigenvalue weighted by atomic mass is 10.2. The number of ether oxygens (including phenoxy) is 1. The number of nitrogens with one attached hydrogen (secondary N) is 2. The van der Waals surface area contributed by atoms with E-state index in [1.54, 1.807) is 0 Å². The minimum Gasteiger partial charge on any atom is -0.457 e. The summed E-state index contributed by atoms with van der Waals surface area (Å²) in [6.07, 6.45) is -0.0272. The van der Waals surface area contributed by atoms with Gasteiger partial charge in [0.25, 0.3) is 0 Å². The zero-order chi connectivity index (χ0) is 21.4. The topological polar surface area (TPSA) is 84.5 Å². The molecule has 0 heterocycles. The number of sulfonamides is 1. The molecule has 0 radical (unpaired) electrons. The number of carbonyl (C=O) groups is 1. The third-order valence-electron chi connectivity index (χ3n) is 4.14. The molecular formula is C22H21FN2O4S. The van der Waals surface area contributed by atoms with Gasteiger partial charge in [-0.1, -0.05) is 30.3 Å². The van der Waals surface area contributed by atoms with E-state index >= 15 is 0 Å². The number of rotatable bonds is 9. The zero-order valence-electron chi connectivity index (χ0n) is 16.0. The fourth-order valence-electron chi connectivity index (χ4n) is 2.63. The van der Waals surface area contributed by atoms with E-state index in [1.165, 1.54) is 12.1 Å². The highest BCUT2D eigenvalue weighted by Gasteiger charge is 2.14. The summed E-state index contributed by atoms with van der Waals surface area (Å²) in [5.74, 6) is 0.546. The Hall–Kier alpha value is -3.23. The van der Waals surface area contributed by atoms with Crippen molar-refractivity contribution in [3.8, 4) is 11.5 Å². The van der Waals surface area contributed by atoms with Crippen LogP contribution < -0.4 is 14.8 Å². The van der Waals surface area contributed by atoms with Gasteiger partial charge in [-0.05, 0) is 54.1 Å². The first-order valence-electron chi connectivity index (χ1n) is 9.26. The normalized spacial score (nSPS) is 11.1. The van der Waals surface area contributed by atoms with Gasteiger partial charge in [0.1, 0.15) is 17.3 Å². The minimum atomic E-state index is -3.79. The molecule has 0 aromatic heterocycles. The molecule has 8 heteroatoms. The molecule has 0 saturated heterocycles. The second-order valence-corrected chi connectivity index (χ2v) is 8.21. The van der Waals surface area contributed by atoms with Crippen molar-refractivity contribution in [2.24, 2.45) is 0 Å². The summed E-state index contributed by atoms with van der Waals surface area (Å²) in [5.41, 5.74) is 0.851. The van der Waals surface area contributed by atoms with E-state index in [0.717, 1.165) is 17.7 Å². The van der Waals surface area contributed by atoms with Crippen molar-refractivity contribution in [1.29, 1.82) is 0 Å². The Kier molecular flexibility index (Phi) is 7.16. The summed E-state index contributed by atoms with van der Waals surface area (Å²) in [4.78, 5) is 12.0. The highest BCUT2D eigenvalue weighted by Crippen LogP contribution is 2.21. The van der Waals surface area contributed by atoms with Gasteiger partial charge in [0.05, 0.1) is 4.90 Å². The van der Waals surface area contributed by atoms with E-state index in [4.69, 9.17) is 4.74 Å². The second-order valence-electron chi connectivity index (χ2n) is 6.44. The average molecular weight is 428 g/mol. The Labute approximate surface area is 174 Å². The van der Waals surface area contributed by atoms with Crippen LogP contribution >= 0.6 is 0 Å². The van der Waals surface area contributed by atoms with E-state index in [0.29, 0.717) is 11.5 Å². The molecular weight excluding hydrogens is 407 g/mol. The Balaban J connectivity index is 1.45. The van der Waals surface area contributed by atoms with Gasteiger partial charge in [-0.25, -0.2) is 17.5 Å². The molecule has 0 aliphatic heterocycles. The minimum absolute atomic E-state index is 0.0272. The van der Waals surface area contributed by atoms with Crippen molar-refractivity contribution in [3.05, 3.63) is 90.2 Å². The van der Waals surface area contributed by atoms with E-state index in [1.807, 2.05) is 54.6 Å². The number of benzene rings is 3. The first-order valence-corrected chi connectivity index (χ1v) is 10.7. The number of hydrogen-bond acceptors (Lipinski definition) is 4. The molecule has 3 aromatic carbocycles. The van der Waals surface area contributed by atoms with Gasteiger partial charge >= 0.3 is 0 Å². The summed E-state index contributed by atoms with van der Waals surface area (Å²) in [6, 6.07) is 21.2. The molecule has 0 aliphatic rings. The number of carbonyl (C=O) groups excluding carboxylic acids is 1. The van der Waals surface area contributed by atoms with Crippen LogP contribution in [-0.2, 0) is 21.4 Å². The molecule has 30 heavy (non-hydrogen) atoms. The van der Waals surface area contributed by atoms with Gasteiger partial charge in [0, 0.05) is 19.5 Å². The van der Waals surface area contributed by atoms with Crippen LogP contribution in [0.5, 0.6) is 11.5 Å². The molecule has 3 rings (SSSR count). The molecule has 0 spiro atoms. The van der Waals surface area contributed by atoms with Crippen molar-refractivity contribution in [2.75, 3.05) is 6.54 Å². The Morgan fingerprint density at radius 3 is 2.33 bits per heavy atom. The first kappa shape index (κ1) is 21.5. The summed E-state index contributed by atoms with van der Waals surface area (Å²) >= 11 is 0. The Morgan fingerprint density at radius 1 is 0.900 bits per heavy atom. The van der Waals surface area contributed by atoms with Crippen LogP contribution in [0.3, 0.4) is 0 Å². The standard InChI is InChI=1S/C22H21FN2O4S/c23-18-9-11-21(12-10-18)30(27,28)25-14-13-22(26)24-16-17-5-4-8-20(15-17)29-19-6-2-1-3-7-19/h1-12,15,25H,13-14,16H2,(H,24,26). The fraction of sp³-hybridized carbons (Fsp3) is 0.136. The van der Waals surface area contributed by atoms with Crippen molar-refractivity contribution in [2.45, 2.75) is 17.9 Å². The lowest BCUT2D eigenvalue weighted by molar-refractivity contribution is -0.121. The van der Waals surface area contributed by atoms with Crippen LogP contribution in [0, 0.1) is 5.82 Å². The number of hydrogen-bond donors (Lipinski definition) is 2. The number of halogens is 1. The molecule has 0 aliphatic carbocycles. The molecule has 0 saturated carbocycles. The lowest BCUT2D eigenvalue weighted by Crippen LogP contribution is -2.30. The van der Waals surface area contributed by atoms with Crippen molar-refractivity contribution in [1.82, 2.24) is 10.0 Å². The summed E-state index contributed by atoms with van der Waals surface area (Å²) in [5, 5.41) is 2.74. The quantitative estimate of drug-likeness (QED) is 0.545. The smallest absolute Gasteiger partial charge is 0.240 e. The molecule has 0 unspecified atom stereocenters. The lowest BCUT2D eigenvalue weighted by Gasteiger charge is -2.09. The average Bonchev–Trinajstić information content (AvgIpc) is 2.73. The molecule has 0 bridgehead atoms. The maximum absolute atomic E-state index is 12.9. The monoisotopic (exact) mass is 428 g/mol. The second kappa shape index (κ2) is 10.00. The fourth-order valence-corrected chi connectivity index (χ4v) is 3.66. The van der Waals surface area contributed by atoms with Crippen molar-refractivity contribution < 1.29 is 22.3 Å². The number of para-hydroxylation sites is 1. The molecule has 0 atom stereocenters. The van der Waals surface area contributed by atoms with Gasteiger partial charge in [-0.15, -0.1) is 0 Å². The van der Waals surface area contributed by atoms with Crippen LogP contribution in [0.15, 0.2) is 83.8 Å². The first-order chi connectivity index (χ1) is 14.4. The van der Waals surface area contributed by atoms with Gasteiger partial charge in [0.15, 0.2) is 0 Å². The van der Waals surface area contributed by atoms with Gasteiger partial charge in [0.2, 0.25) is 15.9 Å². The molecule has 1 amide bonds. The zero-order valence-corrected chi connectivity index (χ0v) is 16.9. The van der Waals surface area contributed by atoms with Crippen molar-refractivity contribution in [3.63, 3.8) is 0 Å². The maximum Gasteiger partial charge on any atom is 0.240 e. The van der Waals surface area contributed by atoms with Crippen LogP contribution in [0.2, 0.25) is 0 Å². The summed E-state index contributed by atoms with van der Waals surface area (Å²) in [7, 11) is -3.79.